The molecule has 1 aromatic rings. The molecular formula is C21H17Cl3N2O5. The maximum Gasteiger partial charge on any atom is 0.253 e. The highest BCUT2D eigenvalue weighted by atomic mass is 35.5. The lowest BCUT2D eigenvalue weighted by molar-refractivity contribution is -0.138. The van der Waals surface area contributed by atoms with Crippen LogP contribution in [0.4, 0.5) is 0 Å². The van der Waals surface area contributed by atoms with Crippen molar-refractivity contribution < 1.29 is 24.3 Å². The zero-order valence-corrected chi connectivity index (χ0v) is 18.5. The van der Waals surface area contributed by atoms with Crippen molar-refractivity contribution in [2.45, 2.75) is 28.5 Å². The first-order chi connectivity index (χ1) is 14.5. The molecule has 1 saturated carbocycles. The van der Waals surface area contributed by atoms with E-state index >= 15 is 0 Å². The number of hydrogen-bond donors (Lipinski definition) is 2. The molecule has 0 radical (unpaired) electrons. The highest BCUT2D eigenvalue weighted by Crippen LogP contribution is 2.65. The van der Waals surface area contributed by atoms with Gasteiger partial charge in [0, 0.05) is 18.0 Å². The zero-order valence-electron chi connectivity index (χ0n) is 16.2. The molecule has 3 fully saturated rings. The Hall–Kier alpha value is -2.09. The third-order valence-corrected chi connectivity index (χ3v) is 8.89. The minimum atomic E-state index is -1.88. The number of fused-ring (bicyclic) bond motifs is 4. The van der Waals surface area contributed by atoms with Gasteiger partial charge in [0.2, 0.25) is 11.8 Å². The van der Waals surface area contributed by atoms with Gasteiger partial charge in [0.1, 0.15) is 5.75 Å². The number of benzene rings is 1. The van der Waals surface area contributed by atoms with Gasteiger partial charge in [0.15, 0.2) is 9.75 Å². The fourth-order valence-corrected chi connectivity index (χ4v) is 7.05. The summed E-state index contributed by atoms with van der Waals surface area (Å²) in [6.07, 6.45) is 2.04. The lowest BCUT2D eigenvalue weighted by Crippen LogP contribution is -2.60. The van der Waals surface area contributed by atoms with Gasteiger partial charge < -0.3 is 5.11 Å². The number of alkyl halides is 2. The van der Waals surface area contributed by atoms with Gasteiger partial charge in [0.25, 0.3) is 11.8 Å². The van der Waals surface area contributed by atoms with Crippen molar-refractivity contribution in [3.05, 3.63) is 40.4 Å². The Balaban J connectivity index is 1.78. The molecule has 7 nitrogen and oxygen atoms in total. The highest BCUT2D eigenvalue weighted by Gasteiger charge is 2.75. The van der Waals surface area contributed by atoms with E-state index in [4.69, 9.17) is 34.8 Å². The standard InChI is InChI=1S/C21H17Cl3N2O5/c1-26-18(30)20(23)7-12-9(4-5-11-14(12)17(29)25-16(11)28)15(21(20,24)19(26)31)10-3-2-8(27)6-13(10)22/h2-4,6,11-12,14-15,27H,5,7H2,1H3,(H,25,28,29). The Labute approximate surface area is 192 Å². The molecule has 4 aliphatic rings. The molecule has 0 bridgehead atoms. The fourth-order valence-electron chi connectivity index (χ4n) is 5.75. The number of amides is 4. The summed E-state index contributed by atoms with van der Waals surface area (Å²) in [5.41, 5.74) is 1.07. The fraction of sp³-hybridized carbons (Fsp3) is 0.429. The Bertz CT molecular complexity index is 1120. The number of allylic oxidation sites excluding steroid dienone is 2. The van der Waals surface area contributed by atoms with E-state index < -0.39 is 51.1 Å². The molecule has 2 aliphatic heterocycles. The highest BCUT2D eigenvalue weighted by molar-refractivity contribution is 6.53. The number of carbonyl (C=O) groups excluding carboxylic acids is 4. The Morgan fingerprint density at radius 3 is 2.48 bits per heavy atom. The van der Waals surface area contributed by atoms with Gasteiger partial charge in [-0.2, -0.15) is 0 Å². The van der Waals surface area contributed by atoms with Crippen molar-refractivity contribution in [1.29, 1.82) is 0 Å². The molecule has 2 heterocycles. The average molecular weight is 484 g/mol. The summed E-state index contributed by atoms with van der Waals surface area (Å²) in [7, 11) is 1.32. The molecule has 162 valence electrons. The molecule has 6 atom stereocenters. The maximum atomic E-state index is 13.3. The summed E-state index contributed by atoms with van der Waals surface area (Å²) in [5, 5.41) is 12.3. The number of halogens is 3. The number of hydrogen-bond acceptors (Lipinski definition) is 5. The summed E-state index contributed by atoms with van der Waals surface area (Å²) < 4.78 is 0. The molecule has 2 N–H and O–H groups in total. The first-order valence-electron chi connectivity index (χ1n) is 9.76. The van der Waals surface area contributed by atoms with Gasteiger partial charge in [0.05, 0.1) is 11.8 Å². The van der Waals surface area contributed by atoms with Crippen molar-refractivity contribution in [3.8, 4) is 5.75 Å². The van der Waals surface area contributed by atoms with Crippen molar-refractivity contribution in [2.24, 2.45) is 17.8 Å². The molecule has 10 heteroatoms. The number of imide groups is 2. The predicted octanol–water partition coefficient (Wildman–Crippen LogP) is 2.32. The van der Waals surface area contributed by atoms with Crippen LogP contribution in [-0.4, -0.2) is 50.4 Å². The summed E-state index contributed by atoms with van der Waals surface area (Å²) in [6.45, 7) is 0. The molecule has 0 aromatic heterocycles. The van der Waals surface area contributed by atoms with Crippen LogP contribution < -0.4 is 5.32 Å². The van der Waals surface area contributed by atoms with Crippen molar-refractivity contribution in [2.75, 3.05) is 7.05 Å². The van der Waals surface area contributed by atoms with Gasteiger partial charge >= 0.3 is 0 Å². The number of nitrogens with one attached hydrogen (secondary N) is 1. The number of likely N-dealkylation sites (tertiary alicyclic amines) is 1. The second-order valence-corrected chi connectivity index (χ2v) is 10.2. The summed E-state index contributed by atoms with van der Waals surface area (Å²) in [4.78, 5) is 48.6. The Morgan fingerprint density at radius 2 is 1.81 bits per heavy atom. The average Bonchev–Trinajstić information content (AvgIpc) is 3.07. The lowest BCUT2D eigenvalue weighted by atomic mass is 9.56. The van der Waals surface area contributed by atoms with Gasteiger partial charge in [-0.15, -0.1) is 23.2 Å². The molecule has 2 saturated heterocycles. The third kappa shape index (κ3) is 2.42. The van der Waals surface area contributed by atoms with E-state index in [0.29, 0.717) is 17.6 Å². The van der Waals surface area contributed by atoms with Crippen LogP contribution in [-0.2, 0) is 19.2 Å². The van der Waals surface area contributed by atoms with E-state index in [9.17, 15) is 24.3 Å². The molecule has 1 aromatic carbocycles. The Morgan fingerprint density at radius 1 is 1.10 bits per heavy atom. The monoisotopic (exact) mass is 482 g/mol. The molecule has 4 amide bonds. The largest absolute Gasteiger partial charge is 0.508 e. The van der Waals surface area contributed by atoms with Crippen LogP contribution >= 0.6 is 34.8 Å². The molecular weight excluding hydrogens is 467 g/mol. The number of carbonyl (C=O) groups is 4. The SMILES string of the molecule is CN1C(=O)C2(Cl)CC3C(=CCC4C(=O)NC(=O)C43)C(c3ccc(O)cc3Cl)C2(Cl)C1=O. The molecule has 5 rings (SSSR count). The van der Waals surface area contributed by atoms with Crippen LogP contribution in [0.2, 0.25) is 5.02 Å². The van der Waals surface area contributed by atoms with Crippen LogP contribution in [0.15, 0.2) is 29.8 Å². The second kappa shape index (κ2) is 6.47. The summed E-state index contributed by atoms with van der Waals surface area (Å²) in [5.74, 6) is -4.95. The number of rotatable bonds is 1. The molecule has 6 unspecified atom stereocenters. The minimum Gasteiger partial charge on any atom is -0.508 e. The second-order valence-electron chi connectivity index (χ2n) is 8.56. The van der Waals surface area contributed by atoms with Crippen LogP contribution in [0.3, 0.4) is 0 Å². The number of phenols is 1. The maximum absolute atomic E-state index is 13.3. The van der Waals surface area contributed by atoms with Gasteiger partial charge in [-0.1, -0.05) is 29.3 Å². The van der Waals surface area contributed by atoms with Crippen LogP contribution in [0.5, 0.6) is 5.75 Å². The Kier molecular flexibility index (Phi) is 4.34. The smallest absolute Gasteiger partial charge is 0.253 e. The molecule has 0 spiro atoms. The molecule has 2 aliphatic carbocycles. The van der Waals surface area contributed by atoms with E-state index in [1.165, 1.54) is 25.2 Å². The van der Waals surface area contributed by atoms with E-state index in [-0.39, 0.29) is 23.1 Å². The quantitative estimate of drug-likeness (QED) is 0.362. The van der Waals surface area contributed by atoms with Gasteiger partial charge in [-0.25, -0.2) is 0 Å². The predicted molar refractivity (Wildman–Crippen MR) is 112 cm³/mol. The third-order valence-electron chi connectivity index (χ3n) is 7.15. The van der Waals surface area contributed by atoms with Crippen molar-refractivity contribution in [1.82, 2.24) is 10.2 Å². The topological polar surface area (TPSA) is 104 Å². The van der Waals surface area contributed by atoms with E-state index in [2.05, 4.69) is 5.32 Å². The van der Waals surface area contributed by atoms with Gasteiger partial charge in [-0.05, 0) is 36.5 Å². The van der Waals surface area contributed by atoms with Gasteiger partial charge in [-0.3, -0.25) is 29.4 Å². The van der Waals surface area contributed by atoms with E-state index in [1.807, 2.05) is 6.08 Å². The van der Waals surface area contributed by atoms with Crippen LogP contribution in [0.1, 0.15) is 24.3 Å². The lowest BCUT2D eigenvalue weighted by Gasteiger charge is -2.51. The van der Waals surface area contributed by atoms with Crippen molar-refractivity contribution in [3.63, 3.8) is 0 Å². The normalized spacial score (nSPS) is 39.1. The van der Waals surface area contributed by atoms with Crippen LogP contribution in [0.25, 0.3) is 0 Å². The summed E-state index contributed by atoms with van der Waals surface area (Å²) in [6, 6.07) is 4.26. The van der Waals surface area contributed by atoms with Crippen molar-refractivity contribution >= 4 is 58.4 Å². The number of aromatic hydroxyl groups is 1. The summed E-state index contributed by atoms with van der Waals surface area (Å²) >= 11 is 20.4. The zero-order chi connectivity index (χ0) is 22.5. The molecule has 31 heavy (non-hydrogen) atoms. The number of nitrogens with zero attached hydrogens (tertiary/aromatic N) is 1. The van der Waals surface area contributed by atoms with E-state index in [1.54, 1.807) is 0 Å². The first-order valence-corrected chi connectivity index (χ1v) is 10.9. The number of phenolic OH excluding ortho intramolecular Hbond substituents is 1. The minimum absolute atomic E-state index is 0.0626. The van der Waals surface area contributed by atoms with E-state index in [0.717, 1.165) is 4.90 Å². The van der Waals surface area contributed by atoms with Crippen LogP contribution in [0, 0.1) is 17.8 Å². The first kappa shape index (κ1) is 20.8.